The molecule has 0 heteroatoms. The number of rotatable bonds is 3. The summed E-state index contributed by atoms with van der Waals surface area (Å²) in [5, 5.41) is 0. The molecule has 0 aromatic heterocycles. The topological polar surface area (TPSA) is 0 Å². The van der Waals surface area contributed by atoms with Crippen molar-refractivity contribution in [2.24, 2.45) is 11.8 Å². The number of hydrogen-bond donors (Lipinski definition) is 0. The van der Waals surface area contributed by atoms with E-state index in [-0.39, 0.29) is 0 Å². The molecule has 0 heterocycles. The largest absolute Gasteiger partial charge is 0.120 e. The second-order valence-corrected chi connectivity index (χ2v) is 3.01. The fourth-order valence-corrected chi connectivity index (χ4v) is 0.666. The van der Waals surface area contributed by atoms with E-state index in [1.807, 2.05) is 0 Å². The van der Waals surface area contributed by atoms with Crippen LogP contribution in [-0.4, -0.2) is 0 Å². The molecule has 0 aromatic carbocycles. The lowest BCUT2D eigenvalue weighted by Gasteiger charge is -1.99. The lowest BCUT2D eigenvalue weighted by Crippen LogP contribution is -1.87. The molecule has 0 nitrogen and oxygen atoms in total. The van der Waals surface area contributed by atoms with E-state index in [9.17, 15) is 0 Å². The van der Waals surface area contributed by atoms with Crippen LogP contribution < -0.4 is 0 Å². The first-order chi connectivity index (χ1) is 4.66. The van der Waals surface area contributed by atoms with Gasteiger partial charge in [0.05, 0.1) is 0 Å². The number of allylic oxidation sites excluding steroid dienone is 2. The second kappa shape index (κ2) is 5.11. The third-order valence-electron chi connectivity index (χ3n) is 1.26. The zero-order valence-electron chi connectivity index (χ0n) is 7.09. The average molecular weight is 136 g/mol. The predicted octanol–water partition coefficient (Wildman–Crippen LogP) is 2.86. The maximum Gasteiger partial charge on any atom is 0.0146 e. The molecule has 56 valence electrons. The Morgan fingerprint density at radius 2 is 1.90 bits per heavy atom. The second-order valence-electron chi connectivity index (χ2n) is 3.01. The summed E-state index contributed by atoms with van der Waals surface area (Å²) in [6.07, 6.45) is 10.4. The minimum absolute atomic E-state index is 0.535. The highest BCUT2D eigenvalue weighted by Gasteiger charge is 1.92. The van der Waals surface area contributed by atoms with Crippen molar-refractivity contribution in [3.05, 3.63) is 12.2 Å². The lowest BCUT2D eigenvalue weighted by molar-refractivity contribution is 0.736. The SMILES string of the molecule is C#CCC(C)C=CC(C)C. The summed E-state index contributed by atoms with van der Waals surface area (Å²) < 4.78 is 0. The van der Waals surface area contributed by atoms with E-state index in [2.05, 4.69) is 38.8 Å². The normalized spacial score (nSPS) is 13.9. The summed E-state index contributed by atoms with van der Waals surface area (Å²) in [4.78, 5) is 0. The molecule has 0 saturated carbocycles. The molecule has 1 unspecified atom stereocenters. The third kappa shape index (κ3) is 5.44. The first-order valence-electron chi connectivity index (χ1n) is 3.78. The van der Waals surface area contributed by atoms with Gasteiger partial charge in [0, 0.05) is 6.42 Å². The van der Waals surface area contributed by atoms with Gasteiger partial charge in [0.25, 0.3) is 0 Å². The molecule has 0 rings (SSSR count). The van der Waals surface area contributed by atoms with Gasteiger partial charge in [0.2, 0.25) is 0 Å². The lowest BCUT2D eigenvalue weighted by atomic mass is 10.1. The molecule has 0 spiro atoms. The zero-order valence-corrected chi connectivity index (χ0v) is 7.09. The van der Waals surface area contributed by atoms with E-state index in [0.717, 1.165) is 6.42 Å². The Labute approximate surface area is 64.3 Å². The van der Waals surface area contributed by atoms with Crippen LogP contribution in [0.1, 0.15) is 27.2 Å². The van der Waals surface area contributed by atoms with Crippen LogP contribution >= 0.6 is 0 Å². The smallest absolute Gasteiger partial charge is 0.0146 e. The molecule has 0 amide bonds. The molecule has 0 bridgehead atoms. The summed E-state index contributed by atoms with van der Waals surface area (Å²) in [7, 11) is 0. The van der Waals surface area contributed by atoms with Gasteiger partial charge in [0.1, 0.15) is 0 Å². The van der Waals surface area contributed by atoms with Crippen LogP contribution in [0.15, 0.2) is 12.2 Å². The summed E-state index contributed by atoms with van der Waals surface area (Å²) in [5.74, 6) is 3.81. The zero-order chi connectivity index (χ0) is 7.98. The van der Waals surface area contributed by atoms with E-state index in [1.54, 1.807) is 0 Å². The van der Waals surface area contributed by atoms with Crippen LogP contribution in [0.3, 0.4) is 0 Å². The van der Waals surface area contributed by atoms with Crippen LogP contribution in [0.25, 0.3) is 0 Å². The van der Waals surface area contributed by atoms with Crippen molar-refractivity contribution in [2.45, 2.75) is 27.2 Å². The van der Waals surface area contributed by atoms with E-state index in [4.69, 9.17) is 6.42 Å². The summed E-state index contributed by atoms with van der Waals surface area (Å²) in [6.45, 7) is 6.47. The molecule has 0 aromatic rings. The van der Waals surface area contributed by atoms with Gasteiger partial charge in [-0.3, -0.25) is 0 Å². The van der Waals surface area contributed by atoms with E-state index in [1.165, 1.54) is 0 Å². The van der Waals surface area contributed by atoms with Crippen molar-refractivity contribution in [2.75, 3.05) is 0 Å². The standard InChI is InChI=1S/C10H16/c1-5-6-10(4)8-7-9(2)3/h1,7-10H,6H2,2-4H3. The molecule has 0 saturated heterocycles. The van der Waals surface area contributed by atoms with E-state index in [0.29, 0.717) is 11.8 Å². The molecular weight excluding hydrogens is 120 g/mol. The highest BCUT2D eigenvalue weighted by molar-refractivity contribution is 4.95. The minimum Gasteiger partial charge on any atom is -0.120 e. The molecule has 0 aliphatic carbocycles. The molecule has 1 atom stereocenters. The molecule has 0 aliphatic heterocycles. The fourth-order valence-electron chi connectivity index (χ4n) is 0.666. The van der Waals surface area contributed by atoms with Crippen LogP contribution in [0.2, 0.25) is 0 Å². The highest BCUT2D eigenvalue weighted by atomic mass is 14.0. The Bertz CT molecular complexity index is 135. The van der Waals surface area contributed by atoms with Crippen molar-refractivity contribution in [1.29, 1.82) is 0 Å². The maximum absolute atomic E-state index is 5.15. The van der Waals surface area contributed by atoms with E-state index >= 15 is 0 Å². The summed E-state index contributed by atoms with van der Waals surface area (Å²) in [6, 6.07) is 0. The quantitative estimate of drug-likeness (QED) is 0.413. The van der Waals surface area contributed by atoms with Gasteiger partial charge in [0.15, 0.2) is 0 Å². The van der Waals surface area contributed by atoms with Crippen LogP contribution in [0.5, 0.6) is 0 Å². The average Bonchev–Trinajstić information content (AvgIpc) is 1.85. The predicted molar refractivity (Wildman–Crippen MR) is 46.6 cm³/mol. The Balaban J connectivity index is 3.57. The van der Waals surface area contributed by atoms with Crippen molar-refractivity contribution in [1.82, 2.24) is 0 Å². The van der Waals surface area contributed by atoms with Crippen molar-refractivity contribution < 1.29 is 0 Å². The molecule has 0 N–H and O–H groups in total. The Kier molecular flexibility index (Phi) is 4.76. The van der Waals surface area contributed by atoms with Gasteiger partial charge >= 0.3 is 0 Å². The fraction of sp³-hybridized carbons (Fsp3) is 0.600. The van der Waals surface area contributed by atoms with Gasteiger partial charge in [-0.05, 0) is 11.8 Å². The highest BCUT2D eigenvalue weighted by Crippen LogP contribution is 2.04. The van der Waals surface area contributed by atoms with Crippen LogP contribution in [0, 0.1) is 24.2 Å². The Morgan fingerprint density at radius 3 is 2.30 bits per heavy atom. The summed E-state index contributed by atoms with van der Waals surface area (Å²) in [5.41, 5.74) is 0. The Morgan fingerprint density at radius 1 is 1.30 bits per heavy atom. The van der Waals surface area contributed by atoms with Crippen LogP contribution in [0.4, 0.5) is 0 Å². The van der Waals surface area contributed by atoms with Crippen LogP contribution in [-0.2, 0) is 0 Å². The van der Waals surface area contributed by atoms with Gasteiger partial charge in [-0.25, -0.2) is 0 Å². The van der Waals surface area contributed by atoms with Gasteiger partial charge in [-0.2, -0.15) is 0 Å². The van der Waals surface area contributed by atoms with Crippen molar-refractivity contribution >= 4 is 0 Å². The molecule has 0 radical (unpaired) electrons. The molecule has 0 fully saturated rings. The number of hydrogen-bond acceptors (Lipinski definition) is 0. The first-order valence-corrected chi connectivity index (χ1v) is 3.78. The maximum atomic E-state index is 5.15. The Hall–Kier alpha value is -0.700. The number of terminal acetylenes is 1. The summed E-state index contributed by atoms with van der Waals surface area (Å²) >= 11 is 0. The van der Waals surface area contributed by atoms with Gasteiger partial charge in [-0.15, -0.1) is 12.3 Å². The monoisotopic (exact) mass is 136 g/mol. The van der Waals surface area contributed by atoms with Crippen molar-refractivity contribution in [3.63, 3.8) is 0 Å². The first kappa shape index (κ1) is 9.30. The third-order valence-corrected chi connectivity index (χ3v) is 1.26. The van der Waals surface area contributed by atoms with Crippen molar-refractivity contribution in [3.8, 4) is 12.3 Å². The molecule has 0 aliphatic rings. The minimum atomic E-state index is 0.535. The van der Waals surface area contributed by atoms with E-state index < -0.39 is 0 Å². The van der Waals surface area contributed by atoms with Gasteiger partial charge < -0.3 is 0 Å². The molecule has 10 heavy (non-hydrogen) atoms. The van der Waals surface area contributed by atoms with Gasteiger partial charge in [-0.1, -0.05) is 32.9 Å². The molecular formula is C10H16.